The summed E-state index contributed by atoms with van der Waals surface area (Å²) in [5, 5.41) is 3.28. The first-order valence-electron chi connectivity index (χ1n) is 8.81. The van der Waals surface area contributed by atoms with Gasteiger partial charge in [-0.25, -0.2) is 0 Å². The van der Waals surface area contributed by atoms with Crippen molar-refractivity contribution < 1.29 is 14.3 Å². The SMILES string of the molecule is COC[C@@H]1[C@@H](NC(=O)c2cc3c(s2)CCCCC3)[C@@H]2CCO[C@H]12. The fourth-order valence-corrected chi connectivity index (χ4v) is 5.59. The Balaban J connectivity index is 1.45. The van der Waals surface area contributed by atoms with Crippen molar-refractivity contribution in [2.45, 2.75) is 50.7 Å². The van der Waals surface area contributed by atoms with Gasteiger partial charge in [0, 0.05) is 36.5 Å². The first-order chi connectivity index (χ1) is 11.3. The summed E-state index contributed by atoms with van der Waals surface area (Å²) >= 11 is 1.70. The van der Waals surface area contributed by atoms with Gasteiger partial charge in [0.05, 0.1) is 17.6 Å². The Bertz CT molecular complexity index is 561. The predicted molar refractivity (Wildman–Crippen MR) is 90.0 cm³/mol. The van der Waals surface area contributed by atoms with Crippen LogP contribution in [0.1, 0.15) is 45.8 Å². The summed E-state index contributed by atoms with van der Waals surface area (Å²) in [6.07, 6.45) is 7.43. The zero-order valence-corrected chi connectivity index (χ0v) is 14.5. The predicted octanol–water partition coefficient (Wildman–Crippen LogP) is 2.80. The van der Waals surface area contributed by atoms with E-state index in [9.17, 15) is 4.79 Å². The van der Waals surface area contributed by atoms with Crippen molar-refractivity contribution in [3.05, 3.63) is 21.4 Å². The third kappa shape index (κ3) is 2.83. The quantitative estimate of drug-likeness (QED) is 0.861. The average Bonchev–Trinajstić information content (AvgIpc) is 3.09. The second-order valence-corrected chi connectivity index (χ2v) is 8.16. The van der Waals surface area contributed by atoms with E-state index in [1.165, 1.54) is 29.7 Å². The highest BCUT2D eigenvalue weighted by Gasteiger charge is 2.54. The maximum absolute atomic E-state index is 12.7. The summed E-state index contributed by atoms with van der Waals surface area (Å²) in [4.78, 5) is 15.0. The number of carbonyl (C=O) groups is 1. The number of amides is 1. The minimum atomic E-state index is 0.0968. The maximum atomic E-state index is 12.7. The van der Waals surface area contributed by atoms with Gasteiger partial charge in [0.25, 0.3) is 5.91 Å². The molecule has 3 aliphatic rings. The van der Waals surface area contributed by atoms with E-state index in [2.05, 4.69) is 11.4 Å². The van der Waals surface area contributed by atoms with Crippen LogP contribution in [0.5, 0.6) is 0 Å². The number of carbonyl (C=O) groups excluding carboxylic acids is 1. The molecule has 1 aromatic heterocycles. The largest absolute Gasteiger partial charge is 0.384 e. The molecule has 1 aromatic rings. The standard InChI is InChI=1S/C18H25NO3S/c1-21-10-13-16(12-7-8-22-17(12)13)19-18(20)15-9-11-5-3-2-4-6-14(11)23-15/h9,12-13,16-17H,2-8,10H2,1H3,(H,19,20)/t12-,13+,16-,17-/m0/s1. The normalized spacial score (nSPS) is 32.6. The molecule has 23 heavy (non-hydrogen) atoms. The van der Waals surface area contributed by atoms with Crippen molar-refractivity contribution in [1.29, 1.82) is 0 Å². The van der Waals surface area contributed by atoms with E-state index in [0.717, 1.165) is 30.7 Å². The molecular weight excluding hydrogens is 310 g/mol. The lowest BCUT2D eigenvalue weighted by atomic mass is 9.67. The van der Waals surface area contributed by atoms with Crippen LogP contribution < -0.4 is 5.32 Å². The number of aryl methyl sites for hydroxylation is 2. The van der Waals surface area contributed by atoms with E-state index < -0.39 is 0 Å². The number of hydrogen-bond acceptors (Lipinski definition) is 4. The molecule has 2 fully saturated rings. The van der Waals surface area contributed by atoms with Gasteiger partial charge >= 0.3 is 0 Å². The molecule has 0 radical (unpaired) electrons. The molecule has 0 unspecified atom stereocenters. The number of methoxy groups -OCH3 is 1. The van der Waals surface area contributed by atoms with E-state index in [1.54, 1.807) is 18.4 Å². The van der Waals surface area contributed by atoms with Gasteiger partial charge < -0.3 is 14.8 Å². The molecule has 126 valence electrons. The van der Waals surface area contributed by atoms with Crippen molar-refractivity contribution in [3.63, 3.8) is 0 Å². The maximum Gasteiger partial charge on any atom is 0.261 e. The van der Waals surface area contributed by atoms with E-state index >= 15 is 0 Å². The van der Waals surface area contributed by atoms with Gasteiger partial charge in [0.2, 0.25) is 0 Å². The number of hydrogen-bond donors (Lipinski definition) is 1. The molecule has 1 N–H and O–H groups in total. The van der Waals surface area contributed by atoms with Crippen LogP contribution in [0.2, 0.25) is 0 Å². The summed E-state index contributed by atoms with van der Waals surface area (Å²) < 4.78 is 11.1. The lowest BCUT2D eigenvalue weighted by Crippen LogP contribution is -2.62. The molecule has 5 heteroatoms. The molecule has 4 nitrogen and oxygen atoms in total. The van der Waals surface area contributed by atoms with Gasteiger partial charge in [-0.15, -0.1) is 11.3 Å². The lowest BCUT2D eigenvalue weighted by Gasteiger charge is -2.47. The molecule has 2 aliphatic carbocycles. The van der Waals surface area contributed by atoms with Gasteiger partial charge in [0.1, 0.15) is 0 Å². The summed E-state index contributed by atoms with van der Waals surface area (Å²) in [5.74, 6) is 0.866. The van der Waals surface area contributed by atoms with Crippen LogP contribution in [0.15, 0.2) is 6.07 Å². The fourth-order valence-electron chi connectivity index (χ4n) is 4.44. The molecule has 4 rings (SSSR count). The van der Waals surface area contributed by atoms with E-state index in [-0.39, 0.29) is 18.1 Å². The van der Waals surface area contributed by atoms with Crippen molar-refractivity contribution >= 4 is 17.2 Å². The van der Waals surface area contributed by atoms with Crippen LogP contribution in [-0.2, 0) is 22.3 Å². The van der Waals surface area contributed by atoms with Crippen molar-refractivity contribution in [2.75, 3.05) is 20.3 Å². The Morgan fingerprint density at radius 3 is 3.13 bits per heavy atom. The van der Waals surface area contributed by atoms with Crippen LogP contribution >= 0.6 is 11.3 Å². The molecule has 1 amide bonds. The molecule has 1 aliphatic heterocycles. The van der Waals surface area contributed by atoms with E-state index in [0.29, 0.717) is 18.4 Å². The lowest BCUT2D eigenvalue weighted by molar-refractivity contribution is -0.0809. The minimum Gasteiger partial charge on any atom is -0.384 e. The number of fused-ring (bicyclic) bond motifs is 2. The van der Waals surface area contributed by atoms with E-state index in [4.69, 9.17) is 9.47 Å². The first-order valence-corrected chi connectivity index (χ1v) is 9.62. The monoisotopic (exact) mass is 335 g/mol. The third-order valence-corrected chi connectivity index (χ3v) is 6.89. The number of rotatable bonds is 4. The zero-order chi connectivity index (χ0) is 15.8. The molecule has 2 heterocycles. The second kappa shape index (κ2) is 6.54. The number of ether oxygens (including phenoxy) is 2. The van der Waals surface area contributed by atoms with E-state index in [1.807, 2.05) is 0 Å². The summed E-state index contributed by atoms with van der Waals surface area (Å²) in [6.45, 7) is 1.47. The highest BCUT2D eigenvalue weighted by Crippen LogP contribution is 2.44. The summed E-state index contributed by atoms with van der Waals surface area (Å²) in [7, 11) is 1.72. The molecule has 4 atom stereocenters. The molecule has 0 bridgehead atoms. The molecule has 0 spiro atoms. The Hall–Kier alpha value is -0.910. The summed E-state index contributed by atoms with van der Waals surface area (Å²) in [6, 6.07) is 2.34. The van der Waals surface area contributed by atoms with Crippen molar-refractivity contribution in [3.8, 4) is 0 Å². The van der Waals surface area contributed by atoms with Crippen LogP contribution in [0.3, 0.4) is 0 Å². The fraction of sp³-hybridized carbons (Fsp3) is 0.722. The van der Waals surface area contributed by atoms with Crippen LogP contribution in [0, 0.1) is 11.8 Å². The molecule has 0 aromatic carbocycles. The Morgan fingerprint density at radius 2 is 2.26 bits per heavy atom. The highest BCUT2D eigenvalue weighted by atomic mass is 32.1. The average molecular weight is 335 g/mol. The van der Waals surface area contributed by atoms with Gasteiger partial charge in [-0.3, -0.25) is 4.79 Å². The number of nitrogens with one attached hydrogen (secondary N) is 1. The third-order valence-electron chi connectivity index (χ3n) is 5.66. The highest BCUT2D eigenvalue weighted by molar-refractivity contribution is 7.14. The Kier molecular flexibility index (Phi) is 4.43. The first kappa shape index (κ1) is 15.6. The topological polar surface area (TPSA) is 47.6 Å². The van der Waals surface area contributed by atoms with Crippen LogP contribution in [-0.4, -0.2) is 38.4 Å². The molecular formula is C18H25NO3S. The molecule has 1 saturated carbocycles. The molecule has 1 saturated heterocycles. The van der Waals surface area contributed by atoms with Crippen LogP contribution in [0.4, 0.5) is 0 Å². The van der Waals surface area contributed by atoms with Crippen molar-refractivity contribution in [2.24, 2.45) is 11.8 Å². The van der Waals surface area contributed by atoms with Gasteiger partial charge in [-0.2, -0.15) is 0 Å². The van der Waals surface area contributed by atoms with Crippen LogP contribution in [0.25, 0.3) is 0 Å². The van der Waals surface area contributed by atoms with Crippen molar-refractivity contribution in [1.82, 2.24) is 5.32 Å². The zero-order valence-electron chi connectivity index (χ0n) is 13.7. The summed E-state index contributed by atoms with van der Waals surface area (Å²) in [5.41, 5.74) is 1.40. The van der Waals surface area contributed by atoms with Gasteiger partial charge in [0.15, 0.2) is 0 Å². The van der Waals surface area contributed by atoms with Gasteiger partial charge in [-0.1, -0.05) is 6.42 Å². The smallest absolute Gasteiger partial charge is 0.261 e. The second-order valence-electron chi connectivity index (χ2n) is 7.03. The number of thiophene rings is 1. The Labute approximate surface area is 141 Å². The Morgan fingerprint density at radius 1 is 1.39 bits per heavy atom. The minimum absolute atomic E-state index is 0.0968. The van der Waals surface area contributed by atoms with Gasteiger partial charge in [-0.05, 0) is 43.7 Å².